The van der Waals surface area contributed by atoms with Crippen molar-refractivity contribution in [1.29, 1.82) is 0 Å². The van der Waals surface area contributed by atoms with Gasteiger partial charge >= 0.3 is 0 Å². The van der Waals surface area contributed by atoms with E-state index in [-0.39, 0.29) is 0 Å². The van der Waals surface area contributed by atoms with Crippen LogP contribution in [0.15, 0.2) is 5.16 Å². The van der Waals surface area contributed by atoms with Crippen molar-refractivity contribution < 1.29 is 0 Å². The van der Waals surface area contributed by atoms with Gasteiger partial charge in [-0.25, -0.2) is 0 Å². The van der Waals surface area contributed by atoms with E-state index >= 15 is 0 Å². The number of nitrogens with zero attached hydrogens (tertiary/aromatic N) is 3. The van der Waals surface area contributed by atoms with E-state index in [4.69, 9.17) is 5.73 Å². The van der Waals surface area contributed by atoms with Gasteiger partial charge in [-0.05, 0) is 25.6 Å². The molecule has 0 saturated carbocycles. The lowest BCUT2D eigenvalue weighted by atomic mass is 10.3. The minimum Gasteiger partial charge on any atom is -0.330 e. The molecule has 2 N–H and O–H groups in total. The van der Waals surface area contributed by atoms with Crippen LogP contribution in [0.25, 0.3) is 0 Å². The van der Waals surface area contributed by atoms with Crippen molar-refractivity contribution in [1.82, 2.24) is 14.8 Å². The van der Waals surface area contributed by atoms with Crippen LogP contribution in [0.1, 0.15) is 32.0 Å². The van der Waals surface area contributed by atoms with Crippen molar-refractivity contribution in [2.45, 2.75) is 44.3 Å². The molecule has 0 radical (unpaired) electrons. The molecule has 15 heavy (non-hydrogen) atoms. The lowest BCUT2D eigenvalue weighted by Crippen LogP contribution is -2.08. The molecule has 0 unspecified atom stereocenters. The van der Waals surface area contributed by atoms with Crippen LogP contribution in [0.4, 0.5) is 0 Å². The zero-order valence-electron chi connectivity index (χ0n) is 9.57. The van der Waals surface area contributed by atoms with E-state index in [9.17, 15) is 0 Å². The Morgan fingerprint density at radius 1 is 1.33 bits per heavy atom. The molecular formula is C10H20N4S. The van der Waals surface area contributed by atoms with Crippen molar-refractivity contribution in [3.8, 4) is 0 Å². The highest BCUT2D eigenvalue weighted by Gasteiger charge is 2.09. The maximum absolute atomic E-state index is 5.50. The van der Waals surface area contributed by atoms with Gasteiger partial charge < -0.3 is 10.3 Å². The standard InChI is InChI=1S/C10H20N4S/c1-3-4-8-14-9(6-5-7-11)12-13-10(14)15-2/h3-8,11H2,1-2H3. The summed E-state index contributed by atoms with van der Waals surface area (Å²) in [5, 5.41) is 9.41. The lowest BCUT2D eigenvalue weighted by Gasteiger charge is -2.07. The van der Waals surface area contributed by atoms with Crippen molar-refractivity contribution in [2.24, 2.45) is 5.73 Å². The van der Waals surface area contributed by atoms with Gasteiger partial charge in [-0.1, -0.05) is 25.1 Å². The number of aromatic nitrogens is 3. The van der Waals surface area contributed by atoms with Gasteiger partial charge in [0.05, 0.1) is 0 Å². The van der Waals surface area contributed by atoms with E-state index < -0.39 is 0 Å². The number of hydrogen-bond acceptors (Lipinski definition) is 4. The topological polar surface area (TPSA) is 56.7 Å². The molecule has 86 valence electrons. The molecule has 0 aliphatic carbocycles. The van der Waals surface area contributed by atoms with Crippen LogP contribution in [0.5, 0.6) is 0 Å². The van der Waals surface area contributed by atoms with Crippen LogP contribution in [0, 0.1) is 0 Å². The quantitative estimate of drug-likeness (QED) is 0.722. The smallest absolute Gasteiger partial charge is 0.190 e. The summed E-state index contributed by atoms with van der Waals surface area (Å²) >= 11 is 1.66. The van der Waals surface area contributed by atoms with Gasteiger partial charge in [-0.3, -0.25) is 0 Å². The molecule has 0 saturated heterocycles. The third kappa shape index (κ3) is 3.50. The fourth-order valence-electron chi connectivity index (χ4n) is 1.46. The Morgan fingerprint density at radius 3 is 2.73 bits per heavy atom. The Kier molecular flexibility index (Phi) is 5.71. The minimum absolute atomic E-state index is 0.717. The van der Waals surface area contributed by atoms with Gasteiger partial charge in [0.25, 0.3) is 0 Å². The summed E-state index contributed by atoms with van der Waals surface area (Å²) in [5.41, 5.74) is 5.50. The van der Waals surface area contributed by atoms with Crippen LogP contribution < -0.4 is 5.73 Å². The predicted octanol–water partition coefficient (Wildman–Crippen LogP) is 1.69. The molecule has 0 aliphatic heterocycles. The predicted molar refractivity (Wildman–Crippen MR) is 64.1 cm³/mol. The Labute approximate surface area is 95.6 Å². The van der Waals surface area contributed by atoms with E-state index in [2.05, 4.69) is 21.7 Å². The summed E-state index contributed by atoms with van der Waals surface area (Å²) < 4.78 is 2.23. The van der Waals surface area contributed by atoms with Crippen LogP contribution in [0.3, 0.4) is 0 Å². The summed E-state index contributed by atoms with van der Waals surface area (Å²) in [6.07, 6.45) is 6.34. The molecule has 0 aromatic carbocycles. The highest BCUT2D eigenvalue weighted by Crippen LogP contribution is 2.15. The number of aryl methyl sites for hydroxylation is 1. The monoisotopic (exact) mass is 228 g/mol. The SMILES string of the molecule is CCCCn1c(CCCN)nnc1SC. The van der Waals surface area contributed by atoms with Gasteiger partial charge in [-0.2, -0.15) is 0 Å². The number of nitrogens with two attached hydrogens (primary N) is 1. The summed E-state index contributed by atoms with van der Waals surface area (Å²) in [7, 11) is 0. The van der Waals surface area contributed by atoms with Crippen molar-refractivity contribution in [2.75, 3.05) is 12.8 Å². The summed E-state index contributed by atoms with van der Waals surface area (Å²) in [4.78, 5) is 0. The molecule has 0 atom stereocenters. The van der Waals surface area contributed by atoms with Crippen LogP contribution in [-0.4, -0.2) is 27.6 Å². The summed E-state index contributed by atoms with van der Waals surface area (Å²) in [6.45, 7) is 3.94. The van der Waals surface area contributed by atoms with E-state index in [1.165, 1.54) is 12.8 Å². The third-order valence-corrected chi connectivity index (χ3v) is 2.98. The Bertz CT molecular complexity index is 285. The van der Waals surface area contributed by atoms with E-state index in [0.29, 0.717) is 0 Å². The minimum atomic E-state index is 0.717. The molecule has 1 heterocycles. The van der Waals surface area contributed by atoms with Gasteiger partial charge in [0.15, 0.2) is 5.16 Å². The maximum Gasteiger partial charge on any atom is 0.190 e. The highest BCUT2D eigenvalue weighted by molar-refractivity contribution is 7.98. The molecule has 0 spiro atoms. The molecule has 1 aromatic heterocycles. The average molecular weight is 228 g/mol. The van der Waals surface area contributed by atoms with E-state index in [1.807, 2.05) is 6.26 Å². The molecule has 4 nitrogen and oxygen atoms in total. The van der Waals surface area contributed by atoms with Gasteiger partial charge in [0, 0.05) is 13.0 Å². The van der Waals surface area contributed by atoms with Crippen molar-refractivity contribution >= 4 is 11.8 Å². The van der Waals surface area contributed by atoms with Gasteiger partial charge in [-0.15, -0.1) is 10.2 Å². The zero-order chi connectivity index (χ0) is 11.1. The van der Waals surface area contributed by atoms with E-state index in [0.717, 1.165) is 36.9 Å². The molecule has 1 aromatic rings. The first-order valence-corrected chi connectivity index (χ1v) is 6.72. The van der Waals surface area contributed by atoms with Gasteiger partial charge in [0.2, 0.25) is 0 Å². The fraction of sp³-hybridized carbons (Fsp3) is 0.800. The Balaban J connectivity index is 2.70. The Hall–Kier alpha value is -0.550. The second-order valence-corrected chi connectivity index (χ2v) is 4.27. The Morgan fingerprint density at radius 2 is 2.13 bits per heavy atom. The molecule has 0 fully saturated rings. The summed E-state index contributed by atoms with van der Waals surface area (Å²) in [6, 6.07) is 0. The second kappa shape index (κ2) is 6.85. The maximum atomic E-state index is 5.50. The average Bonchev–Trinajstić information content (AvgIpc) is 2.65. The number of hydrogen-bond donors (Lipinski definition) is 1. The van der Waals surface area contributed by atoms with Crippen molar-refractivity contribution in [3.05, 3.63) is 5.82 Å². The molecule has 5 heteroatoms. The van der Waals surface area contributed by atoms with Crippen LogP contribution in [0.2, 0.25) is 0 Å². The largest absolute Gasteiger partial charge is 0.330 e. The molecule has 0 bridgehead atoms. The molecular weight excluding hydrogens is 208 g/mol. The number of thioether (sulfide) groups is 1. The van der Waals surface area contributed by atoms with Crippen molar-refractivity contribution in [3.63, 3.8) is 0 Å². The molecule has 0 aliphatic rings. The third-order valence-electron chi connectivity index (χ3n) is 2.32. The first-order chi connectivity index (χ1) is 7.33. The second-order valence-electron chi connectivity index (χ2n) is 3.50. The highest BCUT2D eigenvalue weighted by atomic mass is 32.2. The zero-order valence-corrected chi connectivity index (χ0v) is 10.4. The number of unbranched alkanes of at least 4 members (excludes halogenated alkanes) is 1. The van der Waals surface area contributed by atoms with Crippen LogP contribution >= 0.6 is 11.8 Å². The number of rotatable bonds is 7. The molecule has 0 amide bonds. The first kappa shape index (κ1) is 12.5. The molecule has 1 rings (SSSR count). The van der Waals surface area contributed by atoms with E-state index in [1.54, 1.807) is 11.8 Å². The first-order valence-electron chi connectivity index (χ1n) is 5.49. The fourth-order valence-corrected chi connectivity index (χ4v) is 2.00. The lowest BCUT2D eigenvalue weighted by molar-refractivity contribution is 0.558. The normalized spacial score (nSPS) is 10.9. The van der Waals surface area contributed by atoms with Crippen LogP contribution in [-0.2, 0) is 13.0 Å². The summed E-state index contributed by atoms with van der Waals surface area (Å²) in [5.74, 6) is 1.08. The van der Waals surface area contributed by atoms with Gasteiger partial charge in [0.1, 0.15) is 5.82 Å².